The Morgan fingerprint density at radius 1 is 1.10 bits per heavy atom. The molecule has 0 radical (unpaired) electrons. The minimum atomic E-state index is -3.52. The van der Waals surface area contributed by atoms with Crippen molar-refractivity contribution in [2.75, 3.05) is 24.7 Å². The van der Waals surface area contributed by atoms with Crippen LogP contribution < -0.4 is 4.90 Å². The number of unbranched alkanes of at least 4 members (excludes halogenated alkanes) is 1. The van der Waals surface area contributed by atoms with Gasteiger partial charge < -0.3 is 10.0 Å². The van der Waals surface area contributed by atoms with E-state index in [9.17, 15) is 13.5 Å². The molecule has 29 heavy (non-hydrogen) atoms. The van der Waals surface area contributed by atoms with Crippen molar-refractivity contribution in [3.63, 3.8) is 0 Å². The molecule has 5 heteroatoms. The summed E-state index contributed by atoms with van der Waals surface area (Å²) in [5, 5.41) is 11.8. The van der Waals surface area contributed by atoms with Gasteiger partial charge in [-0.1, -0.05) is 57.0 Å². The van der Waals surface area contributed by atoms with Crippen LogP contribution in [-0.4, -0.2) is 39.5 Å². The molecule has 0 aromatic heterocycles. The fourth-order valence-electron chi connectivity index (χ4n) is 4.66. The van der Waals surface area contributed by atoms with E-state index in [2.05, 4.69) is 6.92 Å². The topological polar surface area (TPSA) is 57.6 Å². The Kier molecular flexibility index (Phi) is 6.39. The molecule has 0 saturated heterocycles. The molecule has 3 atom stereocenters. The van der Waals surface area contributed by atoms with Gasteiger partial charge in [0.15, 0.2) is 9.84 Å². The maximum atomic E-state index is 13.5. The van der Waals surface area contributed by atoms with Crippen LogP contribution in [0.25, 0.3) is 0 Å². The van der Waals surface area contributed by atoms with Crippen LogP contribution >= 0.6 is 0 Å². The highest BCUT2D eigenvalue weighted by Gasteiger charge is 2.48. The second kappa shape index (κ2) is 8.49. The van der Waals surface area contributed by atoms with E-state index in [0.29, 0.717) is 23.3 Å². The Morgan fingerprint density at radius 3 is 2.38 bits per heavy atom. The molecule has 1 aliphatic heterocycles. The number of aliphatic hydroxyl groups is 1. The third-order valence-corrected chi connectivity index (χ3v) is 8.49. The molecule has 1 unspecified atom stereocenters. The minimum absolute atomic E-state index is 0.00465. The normalized spacial score (nSPS) is 25.8. The van der Waals surface area contributed by atoms with Crippen molar-refractivity contribution in [2.24, 2.45) is 5.41 Å². The lowest BCUT2D eigenvalue weighted by Crippen LogP contribution is -2.42. The van der Waals surface area contributed by atoms with Crippen LogP contribution in [0.15, 0.2) is 53.4 Å². The first-order valence-corrected chi connectivity index (χ1v) is 12.2. The third kappa shape index (κ3) is 4.08. The minimum Gasteiger partial charge on any atom is -0.392 e. The van der Waals surface area contributed by atoms with Gasteiger partial charge >= 0.3 is 0 Å². The molecule has 0 spiro atoms. The lowest BCUT2D eigenvalue weighted by atomic mass is 9.69. The molecule has 158 valence electrons. The lowest BCUT2D eigenvalue weighted by molar-refractivity contribution is 0.0174. The standard InChI is InChI=1S/C24H33NO3S/c1-5-7-15-24(6-2)17-29(27,28)21-14-13-19(25(3)4)16-20(21)22(23(24)26)18-11-9-8-10-12-18/h8-14,16,22-23,26H,5-7,15,17H2,1-4H3/t22-,23-,24?/m1/s1. The molecule has 0 saturated carbocycles. The summed E-state index contributed by atoms with van der Waals surface area (Å²) in [4.78, 5) is 2.33. The summed E-state index contributed by atoms with van der Waals surface area (Å²) < 4.78 is 27.0. The van der Waals surface area contributed by atoms with Gasteiger partial charge in [-0.2, -0.15) is 0 Å². The van der Waals surface area contributed by atoms with Crippen molar-refractivity contribution in [3.05, 3.63) is 59.7 Å². The molecule has 2 aromatic carbocycles. The molecule has 0 aliphatic carbocycles. The molecule has 3 rings (SSSR count). The van der Waals surface area contributed by atoms with E-state index < -0.39 is 21.4 Å². The van der Waals surface area contributed by atoms with E-state index >= 15 is 0 Å². The van der Waals surface area contributed by atoms with Crippen molar-refractivity contribution in [1.82, 2.24) is 0 Å². The van der Waals surface area contributed by atoms with Gasteiger partial charge in [-0.25, -0.2) is 8.42 Å². The summed E-state index contributed by atoms with van der Waals surface area (Å²) in [5.74, 6) is -0.379. The van der Waals surface area contributed by atoms with Crippen molar-refractivity contribution in [1.29, 1.82) is 0 Å². The van der Waals surface area contributed by atoms with E-state index in [-0.39, 0.29) is 11.7 Å². The zero-order chi connectivity index (χ0) is 21.2. The zero-order valence-electron chi connectivity index (χ0n) is 17.9. The fraction of sp³-hybridized carbons (Fsp3) is 0.500. The number of nitrogens with zero attached hydrogens (tertiary/aromatic N) is 1. The van der Waals surface area contributed by atoms with Crippen LogP contribution in [-0.2, 0) is 9.84 Å². The first-order chi connectivity index (χ1) is 13.8. The highest BCUT2D eigenvalue weighted by atomic mass is 32.2. The number of hydrogen-bond acceptors (Lipinski definition) is 4. The van der Waals surface area contributed by atoms with Gasteiger partial charge in [-0.15, -0.1) is 0 Å². The lowest BCUT2D eigenvalue weighted by Gasteiger charge is -2.39. The van der Waals surface area contributed by atoms with Crippen molar-refractivity contribution in [3.8, 4) is 0 Å². The summed E-state index contributed by atoms with van der Waals surface area (Å²) in [5.41, 5.74) is 1.95. The summed E-state index contributed by atoms with van der Waals surface area (Å²) in [6.07, 6.45) is 2.45. The summed E-state index contributed by atoms with van der Waals surface area (Å²) in [6, 6.07) is 15.4. The predicted octanol–water partition coefficient (Wildman–Crippen LogP) is 4.62. The van der Waals surface area contributed by atoms with Gasteiger partial charge in [-0.3, -0.25) is 0 Å². The Morgan fingerprint density at radius 2 is 1.79 bits per heavy atom. The van der Waals surface area contributed by atoms with Crippen molar-refractivity contribution < 1.29 is 13.5 Å². The second-order valence-corrected chi connectivity index (χ2v) is 10.5. The molecular formula is C24H33NO3S. The number of benzene rings is 2. The summed E-state index contributed by atoms with van der Waals surface area (Å²) >= 11 is 0. The smallest absolute Gasteiger partial charge is 0.179 e. The van der Waals surface area contributed by atoms with E-state index in [0.717, 1.165) is 24.1 Å². The average Bonchev–Trinajstić information content (AvgIpc) is 2.78. The van der Waals surface area contributed by atoms with Crippen LogP contribution in [0, 0.1) is 5.41 Å². The average molecular weight is 416 g/mol. The molecule has 2 aromatic rings. The van der Waals surface area contributed by atoms with Crippen LogP contribution in [0.1, 0.15) is 56.6 Å². The predicted molar refractivity (Wildman–Crippen MR) is 119 cm³/mol. The Hall–Kier alpha value is -1.85. The van der Waals surface area contributed by atoms with Gasteiger partial charge in [0, 0.05) is 31.1 Å². The van der Waals surface area contributed by atoms with Gasteiger partial charge in [0.05, 0.1) is 16.8 Å². The van der Waals surface area contributed by atoms with Gasteiger partial charge in [0.1, 0.15) is 0 Å². The van der Waals surface area contributed by atoms with E-state index in [1.54, 1.807) is 6.07 Å². The molecular weight excluding hydrogens is 382 g/mol. The highest BCUT2D eigenvalue weighted by molar-refractivity contribution is 7.91. The first kappa shape index (κ1) is 21.8. The SMILES string of the molecule is CCCCC1(CC)CS(=O)(=O)c2ccc(N(C)C)cc2[C@@H](c2ccccc2)[C@H]1O. The molecule has 4 nitrogen and oxygen atoms in total. The monoisotopic (exact) mass is 415 g/mol. The Bertz CT molecular complexity index is 940. The van der Waals surface area contributed by atoms with Crippen LogP contribution in [0.2, 0.25) is 0 Å². The van der Waals surface area contributed by atoms with Gasteiger partial charge in [0.25, 0.3) is 0 Å². The molecule has 1 aliphatic rings. The summed E-state index contributed by atoms with van der Waals surface area (Å²) in [7, 11) is 0.362. The number of fused-ring (bicyclic) bond motifs is 1. The molecule has 1 N–H and O–H groups in total. The Balaban J connectivity index is 2.30. The molecule has 0 amide bonds. The van der Waals surface area contributed by atoms with Crippen molar-refractivity contribution >= 4 is 15.5 Å². The van der Waals surface area contributed by atoms with Crippen LogP contribution in [0.4, 0.5) is 5.69 Å². The number of aliphatic hydroxyl groups excluding tert-OH is 1. The van der Waals surface area contributed by atoms with Crippen LogP contribution in [0.3, 0.4) is 0 Å². The van der Waals surface area contributed by atoms with Crippen molar-refractivity contribution in [2.45, 2.75) is 56.4 Å². The molecule has 1 heterocycles. The number of rotatable bonds is 6. The maximum absolute atomic E-state index is 13.5. The van der Waals surface area contributed by atoms with Gasteiger partial charge in [-0.05, 0) is 42.2 Å². The van der Waals surface area contributed by atoms with E-state index in [4.69, 9.17) is 0 Å². The molecule has 0 bridgehead atoms. The van der Waals surface area contributed by atoms with Gasteiger partial charge in [0.2, 0.25) is 0 Å². The Labute approximate surface area is 175 Å². The van der Waals surface area contributed by atoms with E-state index in [1.165, 1.54) is 0 Å². The number of anilines is 1. The number of sulfone groups is 1. The summed E-state index contributed by atoms with van der Waals surface area (Å²) in [6.45, 7) is 4.12. The largest absolute Gasteiger partial charge is 0.392 e. The second-order valence-electron chi connectivity index (χ2n) is 8.53. The molecule has 0 fully saturated rings. The number of hydrogen-bond donors (Lipinski definition) is 1. The quantitative estimate of drug-likeness (QED) is 0.748. The first-order valence-electron chi connectivity index (χ1n) is 10.5. The fourth-order valence-corrected chi connectivity index (χ4v) is 6.92. The van der Waals surface area contributed by atoms with Crippen LogP contribution in [0.5, 0.6) is 0 Å². The zero-order valence-corrected chi connectivity index (χ0v) is 18.7. The third-order valence-electron chi connectivity index (χ3n) is 6.49. The highest BCUT2D eigenvalue weighted by Crippen LogP contribution is 2.49. The maximum Gasteiger partial charge on any atom is 0.179 e. The van der Waals surface area contributed by atoms with E-state index in [1.807, 2.05) is 68.4 Å².